The van der Waals surface area contributed by atoms with Crippen molar-refractivity contribution in [2.75, 3.05) is 25.0 Å². The number of hydrogen-bond donors (Lipinski definition) is 1. The number of aromatic nitrogens is 2. The first-order valence-corrected chi connectivity index (χ1v) is 8.14. The molecule has 0 aromatic carbocycles. The van der Waals surface area contributed by atoms with Gasteiger partial charge in [-0.3, -0.25) is 4.79 Å². The maximum absolute atomic E-state index is 11.9. The first kappa shape index (κ1) is 17.9. The van der Waals surface area contributed by atoms with Crippen molar-refractivity contribution in [3.8, 4) is 0 Å². The number of carbonyl (C=O) groups excluding carboxylic acids is 1. The van der Waals surface area contributed by atoms with Gasteiger partial charge in [0.1, 0.15) is 16.2 Å². The standard InChI is InChI=1S/C15H25BrN4O/c1-6-20(7-2)13(21)8-9-17-12-10-11(16)18-14(19-12)15(3,4)5/h10H,6-9H2,1-5H3,(H,17,18,19). The maximum atomic E-state index is 11.9. The molecule has 0 saturated carbocycles. The summed E-state index contributed by atoms with van der Waals surface area (Å²) >= 11 is 3.41. The lowest BCUT2D eigenvalue weighted by molar-refractivity contribution is -0.130. The molecule has 0 radical (unpaired) electrons. The van der Waals surface area contributed by atoms with Crippen LogP contribution in [0.5, 0.6) is 0 Å². The normalized spacial score (nSPS) is 11.3. The molecule has 5 nitrogen and oxygen atoms in total. The Morgan fingerprint density at radius 1 is 1.29 bits per heavy atom. The molecule has 0 bridgehead atoms. The molecule has 0 spiro atoms. The SMILES string of the molecule is CCN(CC)C(=O)CCNc1cc(Br)nc(C(C)(C)C)n1. The van der Waals surface area contributed by atoms with Crippen molar-refractivity contribution in [2.45, 2.75) is 46.5 Å². The third-order valence-corrected chi connectivity index (χ3v) is 3.53. The second-order valence-electron chi connectivity index (χ2n) is 5.89. The first-order valence-electron chi connectivity index (χ1n) is 7.34. The molecule has 1 aromatic heterocycles. The van der Waals surface area contributed by atoms with Crippen LogP contribution in [0.2, 0.25) is 0 Å². The van der Waals surface area contributed by atoms with E-state index in [1.165, 1.54) is 0 Å². The lowest BCUT2D eigenvalue weighted by Crippen LogP contribution is -2.31. The minimum Gasteiger partial charge on any atom is -0.369 e. The second-order valence-corrected chi connectivity index (χ2v) is 6.70. The van der Waals surface area contributed by atoms with Crippen LogP contribution in [-0.4, -0.2) is 40.4 Å². The highest BCUT2D eigenvalue weighted by Gasteiger charge is 2.18. The molecule has 1 heterocycles. The first-order chi connectivity index (χ1) is 9.77. The molecule has 6 heteroatoms. The van der Waals surface area contributed by atoms with Gasteiger partial charge in [-0.2, -0.15) is 0 Å². The van der Waals surface area contributed by atoms with Crippen molar-refractivity contribution in [3.05, 3.63) is 16.5 Å². The number of rotatable bonds is 6. The summed E-state index contributed by atoms with van der Waals surface area (Å²) in [5.74, 6) is 1.68. The minimum atomic E-state index is -0.114. The third kappa shape index (κ3) is 5.61. The summed E-state index contributed by atoms with van der Waals surface area (Å²) in [7, 11) is 0. The molecular formula is C15H25BrN4O. The molecule has 0 aliphatic rings. The van der Waals surface area contributed by atoms with E-state index in [0.29, 0.717) is 13.0 Å². The topological polar surface area (TPSA) is 58.1 Å². The zero-order valence-electron chi connectivity index (χ0n) is 13.5. The summed E-state index contributed by atoms with van der Waals surface area (Å²) in [5.41, 5.74) is -0.114. The van der Waals surface area contributed by atoms with Gasteiger partial charge in [0, 0.05) is 37.5 Å². The van der Waals surface area contributed by atoms with Crippen molar-refractivity contribution in [3.63, 3.8) is 0 Å². The van der Waals surface area contributed by atoms with Crippen molar-refractivity contribution in [2.24, 2.45) is 0 Å². The van der Waals surface area contributed by atoms with Crippen LogP contribution in [0.4, 0.5) is 5.82 Å². The lowest BCUT2D eigenvalue weighted by atomic mass is 9.96. The van der Waals surface area contributed by atoms with E-state index in [0.717, 1.165) is 29.3 Å². The molecule has 0 fully saturated rings. The Bertz CT molecular complexity index is 481. The number of halogens is 1. The van der Waals surface area contributed by atoms with E-state index in [-0.39, 0.29) is 11.3 Å². The summed E-state index contributed by atoms with van der Waals surface area (Å²) in [5, 5.41) is 3.20. The molecule has 0 aliphatic heterocycles. The summed E-state index contributed by atoms with van der Waals surface area (Å²) in [6, 6.07) is 1.83. The van der Waals surface area contributed by atoms with Crippen LogP contribution in [0, 0.1) is 0 Å². The number of carbonyl (C=O) groups is 1. The molecule has 1 rings (SSSR count). The molecule has 1 N–H and O–H groups in total. The largest absolute Gasteiger partial charge is 0.369 e. The predicted octanol–water partition coefficient (Wildman–Crippen LogP) is 3.21. The summed E-state index contributed by atoms with van der Waals surface area (Å²) in [4.78, 5) is 22.7. The van der Waals surface area contributed by atoms with E-state index in [4.69, 9.17) is 0 Å². The van der Waals surface area contributed by atoms with Crippen molar-refractivity contribution in [1.29, 1.82) is 0 Å². The van der Waals surface area contributed by atoms with Gasteiger partial charge in [0.15, 0.2) is 0 Å². The number of anilines is 1. The molecule has 0 aliphatic carbocycles. The van der Waals surface area contributed by atoms with E-state index >= 15 is 0 Å². The molecule has 21 heavy (non-hydrogen) atoms. The Balaban J connectivity index is 2.64. The Morgan fingerprint density at radius 2 is 1.90 bits per heavy atom. The highest BCUT2D eigenvalue weighted by atomic mass is 79.9. The highest BCUT2D eigenvalue weighted by Crippen LogP contribution is 2.22. The van der Waals surface area contributed by atoms with Crippen molar-refractivity contribution < 1.29 is 4.79 Å². The van der Waals surface area contributed by atoms with Crippen LogP contribution < -0.4 is 5.32 Å². The van der Waals surface area contributed by atoms with Crippen LogP contribution in [0.1, 0.15) is 46.9 Å². The van der Waals surface area contributed by atoms with Gasteiger partial charge < -0.3 is 10.2 Å². The van der Waals surface area contributed by atoms with E-state index in [2.05, 4.69) is 52.0 Å². The van der Waals surface area contributed by atoms with Crippen LogP contribution in [0.3, 0.4) is 0 Å². The molecule has 1 amide bonds. The molecular weight excluding hydrogens is 332 g/mol. The van der Waals surface area contributed by atoms with E-state index in [1.54, 1.807) is 0 Å². The zero-order valence-corrected chi connectivity index (χ0v) is 15.1. The highest BCUT2D eigenvalue weighted by molar-refractivity contribution is 9.10. The molecule has 0 atom stereocenters. The Kier molecular flexibility index (Phi) is 6.58. The smallest absolute Gasteiger partial charge is 0.224 e. The fraction of sp³-hybridized carbons (Fsp3) is 0.667. The predicted molar refractivity (Wildman–Crippen MR) is 89.5 cm³/mol. The maximum Gasteiger partial charge on any atom is 0.224 e. The third-order valence-electron chi connectivity index (χ3n) is 3.13. The lowest BCUT2D eigenvalue weighted by Gasteiger charge is -2.19. The van der Waals surface area contributed by atoms with E-state index < -0.39 is 0 Å². The number of nitrogens with one attached hydrogen (secondary N) is 1. The monoisotopic (exact) mass is 356 g/mol. The quantitative estimate of drug-likeness (QED) is 0.795. The number of nitrogens with zero attached hydrogens (tertiary/aromatic N) is 3. The minimum absolute atomic E-state index is 0.114. The summed E-state index contributed by atoms with van der Waals surface area (Å²) in [6.45, 7) is 12.3. The van der Waals surface area contributed by atoms with Gasteiger partial charge in [-0.1, -0.05) is 20.8 Å². The van der Waals surface area contributed by atoms with Gasteiger partial charge in [-0.05, 0) is 29.8 Å². The van der Waals surface area contributed by atoms with Crippen LogP contribution in [0.25, 0.3) is 0 Å². The summed E-state index contributed by atoms with van der Waals surface area (Å²) in [6.07, 6.45) is 0.466. The van der Waals surface area contributed by atoms with Gasteiger partial charge in [0.05, 0.1) is 0 Å². The van der Waals surface area contributed by atoms with Gasteiger partial charge in [-0.15, -0.1) is 0 Å². The summed E-state index contributed by atoms with van der Waals surface area (Å²) < 4.78 is 0.750. The molecule has 118 valence electrons. The molecule has 1 aromatic rings. The van der Waals surface area contributed by atoms with Crippen LogP contribution in [-0.2, 0) is 10.2 Å². The average molecular weight is 357 g/mol. The average Bonchev–Trinajstić information content (AvgIpc) is 2.38. The van der Waals surface area contributed by atoms with E-state index in [9.17, 15) is 4.79 Å². The molecule has 0 unspecified atom stereocenters. The number of hydrogen-bond acceptors (Lipinski definition) is 4. The van der Waals surface area contributed by atoms with E-state index in [1.807, 2.05) is 24.8 Å². The van der Waals surface area contributed by atoms with Gasteiger partial charge in [0.2, 0.25) is 5.91 Å². The fourth-order valence-electron chi connectivity index (χ4n) is 1.88. The van der Waals surface area contributed by atoms with Crippen LogP contribution in [0.15, 0.2) is 10.7 Å². The zero-order chi connectivity index (χ0) is 16.0. The fourth-order valence-corrected chi connectivity index (χ4v) is 2.26. The Hall–Kier alpha value is -1.17. The van der Waals surface area contributed by atoms with Crippen LogP contribution >= 0.6 is 15.9 Å². The second kappa shape index (κ2) is 7.73. The number of amides is 1. The van der Waals surface area contributed by atoms with Gasteiger partial charge in [-0.25, -0.2) is 9.97 Å². The molecule has 0 saturated heterocycles. The van der Waals surface area contributed by atoms with Crippen molar-refractivity contribution >= 4 is 27.7 Å². The van der Waals surface area contributed by atoms with Crippen molar-refractivity contribution in [1.82, 2.24) is 14.9 Å². The van der Waals surface area contributed by atoms with Gasteiger partial charge >= 0.3 is 0 Å². The Morgan fingerprint density at radius 3 is 2.43 bits per heavy atom. The Labute approximate surface area is 135 Å². The van der Waals surface area contributed by atoms with Gasteiger partial charge in [0.25, 0.3) is 0 Å².